The average molecular weight is 507 g/mol. The molecule has 1 aliphatic rings. The van der Waals surface area contributed by atoms with Gasteiger partial charge in [-0.25, -0.2) is 0 Å². The van der Waals surface area contributed by atoms with Crippen LogP contribution in [0.25, 0.3) is 0 Å². The summed E-state index contributed by atoms with van der Waals surface area (Å²) in [7, 11) is 2.16. The van der Waals surface area contributed by atoms with Crippen LogP contribution in [0.3, 0.4) is 0 Å². The van der Waals surface area contributed by atoms with Crippen LogP contribution in [0, 0.1) is 0 Å². The van der Waals surface area contributed by atoms with E-state index < -0.39 is 0 Å². The van der Waals surface area contributed by atoms with Crippen molar-refractivity contribution >= 4 is 6.21 Å². The lowest BCUT2D eigenvalue weighted by Crippen LogP contribution is -2.42. The Hall–Kier alpha value is -2.33. The summed E-state index contributed by atoms with van der Waals surface area (Å²) in [6, 6.07) is 10.8. The summed E-state index contributed by atoms with van der Waals surface area (Å²) in [6.45, 7) is 20.2. The molecule has 1 saturated carbocycles. The average Bonchev–Trinajstić information content (AvgIpc) is 2.77. The Kier molecular flexibility index (Phi) is 8.54. The Morgan fingerprint density at radius 2 is 1.46 bits per heavy atom. The van der Waals surface area contributed by atoms with Crippen LogP contribution in [-0.2, 0) is 22.8 Å². The fourth-order valence-corrected chi connectivity index (χ4v) is 5.43. The zero-order valence-electron chi connectivity index (χ0n) is 24.9. The van der Waals surface area contributed by atoms with Crippen molar-refractivity contribution in [3.05, 3.63) is 58.1 Å². The molecule has 1 aliphatic carbocycles. The maximum atomic E-state index is 11.3. The molecule has 0 bridgehead atoms. The Bertz CT molecular complexity index is 1110. The number of nitrogens with zero attached hydrogens (tertiary/aromatic N) is 2. The van der Waals surface area contributed by atoms with Crippen LogP contribution in [0.5, 0.6) is 11.5 Å². The second kappa shape index (κ2) is 10.8. The van der Waals surface area contributed by atoms with Crippen molar-refractivity contribution < 1.29 is 10.2 Å². The second-order valence-corrected chi connectivity index (χ2v) is 14.1. The smallest absolute Gasteiger partial charge is 0.128 e. The summed E-state index contributed by atoms with van der Waals surface area (Å²) in [5.41, 5.74) is 4.71. The van der Waals surface area contributed by atoms with E-state index in [4.69, 9.17) is 4.99 Å². The van der Waals surface area contributed by atoms with Gasteiger partial charge < -0.3 is 10.2 Å². The van der Waals surface area contributed by atoms with E-state index in [2.05, 4.69) is 86.4 Å². The molecule has 0 amide bonds. The number of likely N-dealkylation sites (N-methyl/N-ethyl adjacent to an activating group) is 1. The highest BCUT2D eigenvalue weighted by atomic mass is 16.3. The molecule has 0 heterocycles. The van der Waals surface area contributed by atoms with Gasteiger partial charge in [-0.15, -0.1) is 0 Å². The van der Waals surface area contributed by atoms with Crippen LogP contribution in [0.1, 0.15) is 116 Å². The molecule has 0 aromatic heterocycles. The standard InChI is InChI=1S/C33H50N2O2/c1-31(2,3)24-18-23(30(37)26(19-24)33(7,8)9)21-35(10)28-17-12-11-16-27(28)34-20-22-14-13-15-25(29(22)36)32(4,5)6/h13-15,18-20,27-28,36-37H,11-12,16-17,21H2,1-10H3/t27-,28-/m1/s1. The zero-order chi connectivity index (χ0) is 27.8. The van der Waals surface area contributed by atoms with Crippen molar-refractivity contribution in [3.63, 3.8) is 0 Å². The maximum Gasteiger partial charge on any atom is 0.128 e. The lowest BCUT2D eigenvalue weighted by atomic mass is 9.78. The van der Waals surface area contributed by atoms with E-state index in [0.29, 0.717) is 18.0 Å². The van der Waals surface area contributed by atoms with Crippen molar-refractivity contribution in [2.45, 2.75) is 123 Å². The van der Waals surface area contributed by atoms with Crippen LogP contribution in [0.15, 0.2) is 35.3 Å². The molecule has 0 aliphatic heterocycles. The van der Waals surface area contributed by atoms with E-state index in [1.807, 2.05) is 24.4 Å². The minimum absolute atomic E-state index is 0.00226. The topological polar surface area (TPSA) is 56.1 Å². The molecule has 204 valence electrons. The van der Waals surface area contributed by atoms with E-state index in [9.17, 15) is 10.2 Å². The monoisotopic (exact) mass is 506 g/mol. The number of rotatable bonds is 5. The van der Waals surface area contributed by atoms with Crippen LogP contribution in [0.4, 0.5) is 0 Å². The fourth-order valence-electron chi connectivity index (χ4n) is 5.43. The number of para-hydroxylation sites is 1. The van der Waals surface area contributed by atoms with Gasteiger partial charge in [-0.1, -0.05) is 99.4 Å². The van der Waals surface area contributed by atoms with Crippen LogP contribution >= 0.6 is 0 Å². The molecule has 0 spiro atoms. The molecule has 0 unspecified atom stereocenters. The first-order valence-electron chi connectivity index (χ1n) is 13.9. The number of phenols is 2. The van der Waals surface area contributed by atoms with Crippen molar-refractivity contribution in [1.82, 2.24) is 4.90 Å². The summed E-state index contributed by atoms with van der Waals surface area (Å²) < 4.78 is 0. The van der Waals surface area contributed by atoms with Gasteiger partial charge in [0.15, 0.2) is 0 Å². The number of benzene rings is 2. The van der Waals surface area contributed by atoms with Crippen LogP contribution in [-0.4, -0.2) is 40.5 Å². The van der Waals surface area contributed by atoms with Gasteiger partial charge in [0.2, 0.25) is 0 Å². The molecule has 2 N–H and O–H groups in total. The molecule has 2 aromatic carbocycles. The van der Waals surface area contributed by atoms with Gasteiger partial charge in [-0.2, -0.15) is 0 Å². The van der Waals surface area contributed by atoms with Gasteiger partial charge in [0.1, 0.15) is 11.5 Å². The lowest BCUT2D eigenvalue weighted by molar-refractivity contribution is 0.162. The molecule has 4 heteroatoms. The SMILES string of the molecule is CN(Cc1cc(C(C)(C)C)cc(C(C)(C)C)c1O)[C@@H]1CCCC[C@H]1N=Cc1cccc(C(C)(C)C)c1O. The molecule has 2 aromatic rings. The fraction of sp³-hybridized carbons (Fsp3) is 0.606. The molecule has 2 atom stereocenters. The first-order chi connectivity index (χ1) is 17.0. The maximum absolute atomic E-state index is 11.3. The molecule has 37 heavy (non-hydrogen) atoms. The Balaban J connectivity index is 1.90. The Morgan fingerprint density at radius 1 is 0.838 bits per heavy atom. The van der Waals surface area contributed by atoms with Gasteiger partial charge in [0.25, 0.3) is 0 Å². The summed E-state index contributed by atoms with van der Waals surface area (Å²) in [4.78, 5) is 7.40. The largest absolute Gasteiger partial charge is 0.507 e. The normalized spacial score (nSPS) is 19.6. The number of hydrogen-bond donors (Lipinski definition) is 2. The lowest BCUT2D eigenvalue weighted by Gasteiger charge is -2.37. The highest BCUT2D eigenvalue weighted by Crippen LogP contribution is 2.39. The molecule has 3 rings (SSSR count). The number of phenolic OH excluding ortho intramolecular Hbond substituents is 2. The molecule has 1 fully saturated rings. The Labute approximate surface area is 225 Å². The van der Waals surface area contributed by atoms with Crippen LogP contribution in [0.2, 0.25) is 0 Å². The minimum Gasteiger partial charge on any atom is -0.507 e. The number of aromatic hydroxyl groups is 2. The van der Waals surface area contributed by atoms with Gasteiger partial charge in [0.05, 0.1) is 6.04 Å². The third-order valence-corrected chi connectivity index (χ3v) is 7.82. The Morgan fingerprint density at radius 3 is 2.05 bits per heavy atom. The highest BCUT2D eigenvalue weighted by Gasteiger charge is 2.30. The molecular formula is C33H50N2O2. The third kappa shape index (κ3) is 6.96. The van der Waals surface area contributed by atoms with Crippen molar-refractivity contribution in [2.24, 2.45) is 4.99 Å². The predicted molar refractivity (Wildman–Crippen MR) is 157 cm³/mol. The van der Waals surface area contributed by atoms with Gasteiger partial charge >= 0.3 is 0 Å². The van der Waals surface area contributed by atoms with E-state index >= 15 is 0 Å². The van der Waals surface area contributed by atoms with E-state index in [0.717, 1.165) is 35.1 Å². The van der Waals surface area contributed by atoms with Crippen molar-refractivity contribution in [1.29, 1.82) is 0 Å². The van der Waals surface area contributed by atoms with E-state index in [1.54, 1.807) is 0 Å². The molecule has 0 radical (unpaired) electrons. The predicted octanol–water partition coefficient (Wildman–Crippen LogP) is 7.85. The quantitative estimate of drug-likeness (QED) is 0.406. The third-order valence-electron chi connectivity index (χ3n) is 7.82. The molecule has 0 saturated heterocycles. The zero-order valence-corrected chi connectivity index (χ0v) is 24.9. The number of aliphatic imine (C=N–C) groups is 1. The summed E-state index contributed by atoms with van der Waals surface area (Å²) in [5.74, 6) is 0.755. The number of hydrogen-bond acceptors (Lipinski definition) is 4. The van der Waals surface area contributed by atoms with E-state index in [1.165, 1.54) is 18.4 Å². The van der Waals surface area contributed by atoms with Crippen molar-refractivity contribution in [3.8, 4) is 11.5 Å². The summed E-state index contributed by atoms with van der Waals surface area (Å²) in [6.07, 6.45) is 6.34. The second-order valence-electron chi connectivity index (χ2n) is 14.1. The summed E-state index contributed by atoms with van der Waals surface area (Å²) >= 11 is 0. The first-order valence-corrected chi connectivity index (χ1v) is 13.9. The summed E-state index contributed by atoms with van der Waals surface area (Å²) in [5, 5.41) is 22.2. The van der Waals surface area contributed by atoms with Gasteiger partial charge in [0, 0.05) is 29.9 Å². The van der Waals surface area contributed by atoms with Crippen molar-refractivity contribution in [2.75, 3.05) is 7.05 Å². The molecule has 4 nitrogen and oxygen atoms in total. The highest BCUT2D eigenvalue weighted by molar-refractivity contribution is 5.84. The van der Waals surface area contributed by atoms with Crippen LogP contribution < -0.4 is 0 Å². The first kappa shape index (κ1) is 29.2. The van der Waals surface area contributed by atoms with E-state index in [-0.39, 0.29) is 28.3 Å². The minimum atomic E-state index is -0.139. The molecular weight excluding hydrogens is 456 g/mol. The van der Waals surface area contributed by atoms with Gasteiger partial charge in [-0.05, 0) is 58.9 Å². The van der Waals surface area contributed by atoms with Gasteiger partial charge in [-0.3, -0.25) is 9.89 Å².